The number of aromatic amines is 1. The van der Waals surface area contributed by atoms with Crippen LogP contribution in [0.2, 0.25) is 0 Å². The number of anilines is 1. The molecule has 1 heterocycles. The van der Waals surface area contributed by atoms with Crippen LogP contribution in [-0.4, -0.2) is 31.7 Å². The first-order valence-electron chi connectivity index (χ1n) is 3.77. The zero-order valence-corrected chi connectivity index (χ0v) is 8.51. The summed E-state index contributed by atoms with van der Waals surface area (Å²) in [6, 6.07) is 0.225. The fourth-order valence-electron chi connectivity index (χ4n) is 0.596. The van der Waals surface area contributed by atoms with E-state index in [-0.39, 0.29) is 11.3 Å². The second kappa shape index (κ2) is 4.22. The Balaban J connectivity index is 2.59. The van der Waals surface area contributed by atoms with Crippen molar-refractivity contribution in [3.63, 3.8) is 0 Å². The van der Waals surface area contributed by atoms with Gasteiger partial charge in [0.1, 0.15) is 11.0 Å². The molecule has 74 valence electrons. The van der Waals surface area contributed by atoms with Gasteiger partial charge in [0.05, 0.1) is 7.11 Å². The predicted molar refractivity (Wildman–Crippen MR) is 49.8 cm³/mol. The van der Waals surface area contributed by atoms with Gasteiger partial charge >= 0.3 is 6.01 Å². The molecule has 1 aromatic heterocycles. The Hall–Kier alpha value is -1.11. The van der Waals surface area contributed by atoms with Crippen molar-refractivity contribution in [1.82, 2.24) is 15.2 Å². The zero-order valence-electron chi connectivity index (χ0n) is 7.70. The third-order valence-electron chi connectivity index (χ3n) is 1.27. The van der Waals surface area contributed by atoms with Gasteiger partial charge in [-0.3, -0.25) is 4.72 Å². The normalized spacial score (nSPS) is 12.9. The molecule has 0 spiro atoms. The van der Waals surface area contributed by atoms with Gasteiger partial charge in [0.15, 0.2) is 0 Å². The highest BCUT2D eigenvalue weighted by atomic mass is 32.2. The molecule has 0 aromatic carbocycles. The lowest BCUT2D eigenvalue weighted by Crippen LogP contribution is -2.15. The summed E-state index contributed by atoms with van der Waals surface area (Å²) in [7, 11) is 0.314. The first-order chi connectivity index (χ1) is 6.13. The minimum Gasteiger partial charge on any atom is -0.466 e. The molecule has 0 saturated carbocycles. The fourth-order valence-corrected chi connectivity index (χ4v) is 1.11. The lowest BCUT2D eigenvalue weighted by molar-refractivity contribution is 0.382. The number of aromatic nitrogens is 3. The zero-order chi connectivity index (χ0) is 9.84. The van der Waals surface area contributed by atoms with Gasteiger partial charge in [-0.1, -0.05) is 0 Å². The highest BCUT2D eigenvalue weighted by Gasteiger charge is 2.08. The number of methoxy groups -OCH3 is 1. The average Bonchev–Trinajstić information content (AvgIpc) is 2.52. The summed E-state index contributed by atoms with van der Waals surface area (Å²) in [5.74, 6) is 0.351. The van der Waals surface area contributed by atoms with Crippen molar-refractivity contribution in [2.45, 2.75) is 19.1 Å². The minimum atomic E-state index is -1.15. The second-order valence-electron chi connectivity index (χ2n) is 2.62. The Bertz CT molecular complexity index is 299. The molecule has 1 unspecified atom stereocenters. The summed E-state index contributed by atoms with van der Waals surface area (Å²) in [6.07, 6.45) is 0. The topological polar surface area (TPSA) is 79.9 Å². The molecule has 1 rings (SSSR count). The van der Waals surface area contributed by atoms with Crippen LogP contribution in [0.3, 0.4) is 0 Å². The Labute approximate surface area is 78.7 Å². The van der Waals surface area contributed by atoms with Gasteiger partial charge in [0, 0.05) is 5.25 Å². The summed E-state index contributed by atoms with van der Waals surface area (Å²) in [4.78, 5) is 3.86. The van der Waals surface area contributed by atoms with Gasteiger partial charge in [0.2, 0.25) is 5.95 Å². The van der Waals surface area contributed by atoms with E-state index < -0.39 is 11.0 Å². The maximum Gasteiger partial charge on any atom is 0.336 e. The predicted octanol–water partition coefficient (Wildman–Crippen LogP) is 0.297. The van der Waals surface area contributed by atoms with E-state index in [0.717, 1.165) is 0 Å². The second-order valence-corrected chi connectivity index (χ2v) is 4.36. The van der Waals surface area contributed by atoms with Gasteiger partial charge in [-0.15, -0.1) is 5.10 Å². The molecule has 0 fully saturated rings. The van der Waals surface area contributed by atoms with Crippen molar-refractivity contribution in [3.8, 4) is 6.01 Å². The van der Waals surface area contributed by atoms with Crippen LogP contribution in [0.1, 0.15) is 13.8 Å². The smallest absolute Gasteiger partial charge is 0.336 e. The van der Waals surface area contributed by atoms with Crippen LogP contribution in [0, 0.1) is 0 Å². The van der Waals surface area contributed by atoms with E-state index in [1.54, 1.807) is 0 Å². The molecule has 0 aliphatic heterocycles. The molecule has 7 heteroatoms. The molecule has 1 aromatic rings. The van der Waals surface area contributed by atoms with Crippen LogP contribution in [0.25, 0.3) is 0 Å². The number of hydrogen-bond donors (Lipinski definition) is 2. The van der Waals surface area contributed by atoms with Crippen molar-refractivity contribution in [2.75, 3.05) is 11.8 Å². The quantitative estimate of drug-likeness (QED) is 0.739. The molecule has 2 N–H and O–H groups in total. The first kappa shape index (κ1) is 9.97. The maximum absolute atomic E-state index is 11.3. The standard InChI is InChI=1S/C6H12N4O2S/c1-4(2)13(11)10-5-7-6(12-3)9-8-5/h4H,1-3H3,(H2,7,8,9,10). The summed E-state index contributed by atoms with van der Waals surface area (Å²) < 4.78 is 18.7. The minimum absolute atomic E-state index is 0.0242. The SMILES string of the molecule is COc1n[nH]c(NS(=O)C(C)C)n1. The van der Waals surface area contributed by atoms with E-state index in [2.05, 4.69) is 19.9 Å². The van der Waals surface area contributed by atoms with Crippen LogP contribution >= 0.6 is 0 Å². The van der Waals surface area contributed by atoms with Crippen LogP contribution in [0.15, 0.2) is 0 Å². The summed E-state index contributed by atoms with van der Waals surface area (Å²) in [6.45, 7) is 3.69. The highest BCUT2D eigenvalue weighted by Crippen LogP contribution is 2.06. The summed E-state index contributed by atoms with van der Waals surface area (Å²) in [5.41, 5.74) is 0. The summed E-state index contributed by atoms with van der Waals surface area (Å²) >= 11 is 0. The average molecular weight is 204 g/mol. The third kappa shape index (κ3) is 2.69. The van der Waals surface area contributed by atoms with Crippen molar-refractivity contribution < 1.29 is 8.95 Å². The van der Waals surface area contributed by atoms with Crippen LogP contribution in [0.4, 0.5) is 5.95 Å². The molecular weight excluding hydrogens is 192 g/mol. The number of nitrogens with zero attached hydrogens (tertiary/aromatic N) is 2. The Morgan fingerprint density at radius 1 is 1.62 bits per heavy atom. The Morgan fingerprint density at radius 3 is 2.77 bits per heavy atom. The van der Waals surface area contributed by atoms with E-state index in [4.69, 9.17) is 4.74 Å². The van der Waals surface area contributed by atoms with Gasteiger partial charge in [0.25, 0.3) is 0 Å². The molecule has 0 aliphatic rings. The van der Waals surface area contributed by atoms with Crippen LogP contribution < -0.4 is 9.46 Å². The lowest BCUT2D eigenvalue weighted by atomic mass is 10.6. The third-order valence-corrected chi connectivity index (χ3v) is 2.52. The molecule has 13 heavy (non-hydrogen) atoms. The van der Waals surface area contributed by atoms with E-state index in [0.29, 0.717) is 5.95 Å². The molecular formula is C6H12N4O2S. The Morgan fingerprint density at radius 2 is 2.31 bits per heavy atom. The van der Waals surface area contributed by atoms with Gasteiger partial charge in [-0.25, -0.2) is 9.31 Å². The number of hydrogen-bond acceptors (Lipinski definition) is 4. The summed E-state index contributed by atoms with van der Waals surface area (Å²) in [5, 5.41) is 6.27. The van der Waals surface area contributed by atoms with Gasteiger partial charge < -0.3 is 4.74 Å². The largest absolute Gasteiger partial charge is 0.466 e. The van der Waals surface area contributed by atoms with Gasteiger partial charge in [-0.05, 0) is 13.8 Å². The number of nitrogens with one attached hydrogen (secondary N) is 2. The van der Waals surface area contributed by atoms with Crippen molar-refractivity contribution in [2.24, 2.45) is 0 Å². The van der Waals surface area contributed by atoms with Crippen LogP contribution in [-0.2, 0) is 11.0 Å². The molecule has 0 aliphatic carbocycles. The van der Waals surface area contributed by atoms with Gasteiger partial charge in [-0.2, -0.15) is 4.98 Å². The molecule has 0 radical (unpaired) electrons. The monoisotopic (exact) mass is 204 g/mol. The highest BCUT2D eigenvalue weighted by molar-refractivity contribution is 7.86. The van der Waals surface area contributed by atoms with Crippen molar-refractivity contribution in [3.05, 3.63) is 0 Å². The number of ether oxygens (including phenoxy) is 1. The van der Waals surface area contributed by atoms with E-state index in [1.807, 2.05) is 13.8 Å². The number of H-pyrrole nitrogens is 1. The van der Waals surface area contributed by atoms with E-state index in [1.165, 1.54) is 7.11 Å². The fraction of sp³-hybridized carbons (Fsp3) is 0.667. The Kier molecular flexibility index (Phi) is 3.24. The molecule has 0 amide bonds. The van der Waals surface area contributed by atoms with E-state index >= 15 is 0 Å². The van der Waals surface area contributed by atoms with Crippen molar-refractivity contribution in [1.29, 1.82) is 0 Å². The first-order valence-corrected chi connectivity index (χ1v) is 4.98. The van der Waals surface area contributed by atoms with E-state index in [9.17, 15) is 4.21 Å². The van der Waals surface area contributed by atoms with Crippen LogP contribution in [0.5, 0.6) is 6.01 Å². The molecule has 0 saturated heterocycles. The lowest BCUT2D eigenvalue weighted by Gasteiger charge is -2.03. The van der Waals surface area contributed by atoms with Crippen molar-refractivity contribution >= 4 is 16.9 Å². The maximum atomic E-state index is 11.3. The molecule has 1 atom stereocenters. The molecule has 6 nitrogen and oxygen atoms in total. The number of rotatable bonds is 4. The molecule has 0 bridgehead atoms.